The monoisotopic (exact) mass is 196 g/mol. The Morgan fingerprint density at radius 1 is 1.50 bits per heavy atom. The molecule has 0 radical (unpaired) electrons. The summed E-state index contributed by atoms with van der Waals surface area (Å²) in [6.45, 7) is 1.57. The lowest BCUT2D eigenvalue weighted by Gasteiger charge is -2.09. The third-order valence-corrected chi connectivity index (χ3v) is 1.86. The number of carboxylic acids is 1. The number of benzene rings is 1. The molecule has 0 saturated carbocycles. The van der Waals surface area contributed by atoms with Gasteiger partial charge < -0.3 is 15.3 Å². The molecule has 76 valence electrons. The molecule has 4 heteroatoms. The van der Waals surface area contributed by atoms with E-state index in [-0.39, 0.29) is 17.7 Å². The molecule has 1 unspecified atom stereocenters. The van der Waals surface area contributed by atoms with Crippen LogP contribution in [0.25, 0.3) is 0 Å². The molecule has 0 bridgehead atoms. The molecule has 3 N–H and O–H groups in total. The summed E-state index contributed by atoms with van der Waals surface area (Å²) in [7, 11) is 0. The van der Waals surface area contributed by atoms with Crippen molar-refractivity contribution in [1.82, 2.24) is 0 Å². The minimum atomic E-state index is -1.18. The average molecular weight is 196 g/mol. The van der Waals surface area contributed by atoms with Crippen LogP contribution in [0.1, 0.15) is 22.8 Å². The van der Waals surface area contributed by atoms with Gasteiger partial charge in [0.15, 0.2) is 0 Å². The Hall–Kier alpha value is -1.55. The van der Waals surface area contributed by atoms with Gasteiger partial charge in [-0.3, -0.25) is 0 Å². The molecule has 14 heavy (non-hydrogen) atoms. The van der Waals surface area contributed by atoms with Gasteiger partial charge in [-0.15, -0.1) is 0 Å². The molecule has 0 aliphatic rings. The van der Waals surface area contributed by atoms with E-state index in [1.807, 2.05) is 0 Å². The first-order chi connectivity index (χ1) is 6.52. The number of carboxylic acid groups (broad SMARTS) is 1. The smallest absolute Gasteiger partial charge is 0.339 e. The number of aliphatic hydroxyl groups excluding tert-OH is 1. The second kappa shape index (κ2) is 4.11. The van der Waals surface area contributed by atoms with Crippen LogP contribution < -0.4 is 0 Å². The van der Waals surface area contributed by atoms with Gasteiger partial charge in [-0.25, -0.2) is 4.79 Å². The van der Waals surface area contributed by atoms with Crippen molar-refractivity contribution in [2.45, 2.75) is 19.4 Å². The van der Waals surface area contributed by atoms with Crippen LogP contribution in [-0.2, 0) is 6.42 Å². The molecule has 4 nitrogen and oxygen atoms in total. The fourth-order valence-corrected chi connectivity index (χ4v) is 1.32. The van der Waals surface area contributed by atoms with Gasteiger partial charge in [0.2, 0.25) is 0 Å². The normalized spacial score (nSPS) is 12.4. The maximum absolute atomic E-state index is 10.8. The number of rotatable bonds is 3. The Morgan fingerprint density at radius 3 is 2.64 bits per heavy atom. The summed E-state index contributed by atoms with van der Waals surface area (Å²) in [6.07, 6.45) is -0.411. The Bertz CT molecular complexity index is 344. The Balaban J connectivity index is 3.14. The number of carbonyl (C=O) groups is 1. The molecule has 0 spiro atoms. The summed E-state index contributed by atoms with van der Waals surface area (Å²) in [4.78, 5) is 10.8. The summed E-state index contributed by atoms with van der Waals surface area (Å²) < 4.78 is 0. The second-order valence-electron chi connectivity index (χ2n) is 3.17. The van der Waals surface area contributed by atoms with Gasteiger partial charge in [0.25, 0.3) is 0 Å². The van der Waals surface area contributed by atoms with Crippen molar-refractivity contribution in [3.8, 4) is 5.75 Å². The predicted molar refractivity (Wildman–Crippen MR) is 50.5 cm³/mol. The summed E-state index contributed by atoms with van der Waals surface area (Å²) in [6, 6.07) is 4.45. The third kappa shape index (κ3) is 2.23. The van der Waals surface area contributed by atoms with E-state index in [9.17, 15) is 9.90 Å². The maximum atomic E-state index is 10.8. The van der Waals surface area contributed by atoms with Crippen LogP contribution in [0.5, 0.6) is 5.75 Å². The highest BCUT2D eigenvalue weighted by atomic mass is 16.4. The SMILES string of the molecule is CC(O)Cc1cccc(O)c1C(=O)O. The number of aromatic hydroxyl groups is 1. The van der Waals surface area contributed by atoms with Crippen LogP contribution in [0.2, 0.25) is 0 Å². The molecule has 0 heterocycles. The first-order valence-corrected chi connectivity index (χ1v) is 4.24. The molecule has 0 aromatic heterocycles. The van der Waals surface area contributed by atoms with Crippen LogP contribution in [0.15, 0.2) is 18.2 Å². The lowest BCUT2D eigenvalue weighted by Crippen LogP contribution is -2.09. The minimum Gasteiger partial charge on any atom is -0.507 e. The van der Waals surface area contributed by atoms with Crippen LogP contribution in [0.4, 0.5) is 0 Å². The van der Waals surface area contributed by atoms with Crippen molar-refractivity contribution in [2.24, 2.45) is 0 Å². The standard InChI is InChI=1S/C10H12O4/c1-6(11)5-7-3-2-4-8(12)9(7)10(13)14/h2-4,6,11-12H,5H2,1H3,(H,13,14). The first kappa shape index (κ1) is 10.5. The number of aliphatic hydroxyl groups is 1. The van der Waals surface area contributed by atoms with E-state index in [0.29, 0.717) is 5.56 Å². The molecule has 1 rings (SSSR count). The van der Waals surface area contributed by atoms with Gasteiger partial charge in [-0.05, 0) is 25.0 Å². The number of hydrogen-bond acceptors (Lipinski definition) is 3. The van der Waals surface area contributed by atoms with Crippen molar-refractivity contribution >= 4 is 5.97 Å². The molecule has 0 aliphatic carbocycles. The van der Waals surface area contributed by atoms with E-state index < -0.39 is 12.1 Å². The zero-order valence-corrected chi connectivity index (χ0v) is 7.77. The molecular weight excluding hydrogens is 184 g/mol. The largest absolute Gasteiger partial charge is 0.507 e. The molecule has 0 fully saturated rings. The van der Waals surface area contributed by atoms with Crippen molar-refractivity contribution in [2.75, 3.05) is 0 Å². The highest BCUT2D eigenvalue weighted by Gasteiger charge is 2.15. The van der Waals surface area contributed by atoms with Crippen LogP contribution in [-0.4, -0.2) is 27.4 Å². The molecule has 0 aliphatic heterocycles. The number of aromatic carboxylic acids is 1. The van der Waals surface area contributed by atoms with Gasteiger partial charge in [0.05, 0.1) is 6.10 Å². The number of phenols is 1. The third-order valence-electron chi connectivity index (χ3n) is 1.86. The minimum absolute atomic E-state index is 0.131. The second-order valence-corrected chi connectivity index (χ2v) is 3.17. The fourth-order valence-electron chi connectivity index (χ4n) is 1.32. The van der Waals surface area contributed by atoms with E-state index in [0.717, 1.165) is 0 Å². The summed E-state index contributed by atoms with van der Waals surface area (Å²) >= 11 is 0. The highest BCUT2D eigenvalue weighted by molar-refractivity contribution is 5.92. The van der Waals surface area contributed by atoms with E-state index in [1.165, 1.54) is 6.07 Å². The zero-order chi connectivity index (χ0) is 10.7. The molecule has 0 saturated heterocycles. The van der Waals surface area contributed by atoms with Crippen molar-refractivity contribution in [3.63, 3.8) is 0 Å². The van der Waals surface area contributed by atoms with Gasteiger partial charge in [0, 0.05) is 0 Å². The maximum Gasteiger partial charge on any atom is 0.339 e. The Labute approximate surface area is 81.4 Å². The lowest BCUT2D eigenvalue weighted by atomic mass is 10.0. The predicted octanol–water partition coefficient (Wildman–Crippen LogP) is 1.01. The van der Waals surface area contributed by atoms with Crippen LogP contribution in [0, 0.1) is 0 Å². The summed E-state index contributed by atoms with van der Waals surface area (Å²) in [5.41, 5.74) is 0.306. The summed E-state index contributed by atoms with van der Waals surface area (Å²) in [5, 5.41) is 27.3. The molecular formula is C10H12O4. The van der Waals surface area contributed by atoms with Gasteiger partial charge in [-0.1, -0.05) is 12.1 Å². The average Bonchev–Trinajstić information content (AvgIpc) is 2.01. The zero-order valence-electron chi connectivity index (χ0n) is 7.77. The van der Waals surface area contributed by atoms with Gasteiger partial charge >= 0.3 is 5.97 Å². The van der Waals surface area contributed by atoms with E-state index in [2.05, 4.69) is 0 Å². The van der Waals surface area contributed by atoms with Crippen molar-refractivity contribution < 1.29 is 20.1 Å². The van der Waals surface area contributed by atoms with Gasteiger partial charge in [0.1, 0.15) is 11.3 Å². The van der Waals surface area contributed by atoms with Crippen molar-refractivity contribution in [1.29, 1.82) is 0 Å². The number of hydrogen-bond donors (Lipinski definition) is 3. The Morgan fingerprint density at radius 2 is 2.14 bits per heavy atom. The van der Waals surface area contributed by atoms with E-state index in [1.54, 1.807) is 19.1 Å². The quantitative estimate of drug-likeness (QED) is 0.674. The topological polar surface area (TPSA) is 77.8 Å². The highest BCUT2D eigenvalue weighted by Crippen LogP contribution is 2.22. The lowest BCUT2D eigenvalue weighted by molar-refractivity contribution is 0.0692. The Kier molecular flexibility index (Phi) is 3.09. The van der Waals surface area contributed by atoms with Crippen molar-refractivity contribution in [3.05, 3.63) is 29.3 Å². The fraction of sp³-hybridized carbons (Fsp3) is 0.300. The molecule has 1 atom stereocenters. The first-order valence-electron chi connectivity index (χ1n) is 4.24. The van der Waals surface area contributed by atoms with E-state index >= 15 is 0 Å². The molecule has 0 amide bonds. The van der Waals surface area contributed by atoms with Crippen LogP contribution in [0.3, 0.4) is 0 Å². The van der Waals surface area contributed by atoms with E-state index in [4.69, 9.17) is 10.2 Å². The van der Waals surface area contributed by atoms with Gasteiger partial charge in [-0.2, -0.15) is 0 Å². The molecule has 1 aromatic carbocycles. The van der Waals surface area contributed by atoms with Crippen LogP contribution >= 0.6 is 0 Å². The molecule has 1 aromatic rings. The summed E-state index contributed by atoms with van der Waals surface area (Å²) in [5.74, 6) is -1.45.